The number of rotatable bonds is 3. The summed E-state index contributed by atoms with van der Waals surface area (Å²) in [6.07, 6.45) is 2.59. The maximum absolute atomic E-state index is 12.3. The lowest BCUT2D eigenvalue weighted by Crippen LogP contribution is -2.56. The number of hydrogen-bond acceptors (Lipinski definition) is 3. The summed E-state index contributed by atoms with van der Waals surface area (Å²) in [5.74, 6) is 0.364. The Labute approximate surface area is 118 Å². The lowest BCUT2D eigenvalue weighted by atomic mass is 9.77. The van der Waals surface area contributed by atoms with Gasteiger partial charge in [0.25, 0.3) is 5.91 Å². The summed E-state index contributed by atoms with van der Waals surface area (Å²) >= 11 is 0. The first kappa shape index (κ1) is 14.6. The standard InChI is InChI=1S/C15H21NO4/c1-9-4-6-15(7-5-9,14(18)19)16-13(17)12-8-10(2)20-11(12)3/h8-9H,4-7H2,1-3H3,(H,16,17)(H,18,19). The molecule has 0 bridgehead atoms. The topological polar surface area (TPSA) is 79.5 Å². The normalized spacial score (nSPS) is 26.2. The molecular formula is C15H21NO4. The molecule has 1 aliphatic rings. The lowest BCUT2D eigenvalue weighted by Gasteiger charge is -2.36. The summed E-state index contributed by atoms with van der Waals surface area (Å²) in [4.78, 5) is 23.9. The second-order valence-electron chi connectivity index (χ2n) is 5.85. The molecular weight excluding hydrogens is 258 g/mol. The summed E-state index contributed by atoms with van der Waals surface area (Å²) in [7, 11) is 0. The van der Waals surface area contributed by atoms with Gasteiger partial charge in [-0.05, 0) is 51.5 Å². The molecule has 20 heavy (non-hydrogen) atoms. The monoisotopic (exact) mass is 279 g/mol. The van der Waals surface area contributed by atoms with Crippen molar-refractivity contribution in [3.8, 4) is 0 Å². The molecule has 0 atom stereocenters. The Morgan fingerprint density at radius 2 is 1.95 bits per heavy atom. The highest BCUT2D eigenvalue weighted by atomic mass is 16.4. The van der Waals surface area contributed by atoms with Crippen molar-refractivity contribution in [2.45, 2.75) is 52.0 Å². The van der Waals surface area contributed by atoms with Gasteiger partial charge >= 0.3 is 5.97 Å². The van der Waals surface area contributed by atoms with Crippen LogP contribution in [0.5, 0.6) is 0 Å². The molecule has 0 saturated heterocycles. The van der Waals surface area contributed by atoms with E-state index in [-0.39, 0.29) is 5.91 Å². The van der Waals surface area contributed by atoms with Crippen molar-refractivity contribution in [2.24, 2.45) is 5.92 Å². The Morgan fingerprint density at radius 1 is 1.35 bits per heavy atom. The van der Waals surface area contributed by atoms with Crippen molar-refractivity contribution in [2.75, 3.05) is 0 Å². The number of carboxylic acid groups (broad SMARTS) is 1. The molecule has 1 aromatic rings. The number of aliphatic carboxylic acids is 1. The zero-order valence-corrected chi connectivity index (χ0v) is 12.2. The summed E-state index contributed by atoms with van der Waals surface area (Å²) in [6.45, 7) is 5.58. The molecule has 0 spiro atoms. The van der Waals surface area contributed by atoms with Crippen LogP contribution in [0.3, 0.4) is 0 Å². The summed E-state index contributed by atoms with van der Waals surface area (Å²) in [6, 6.07) is 1.64. The molecule has 1 aromatic heterocycles. The van der Waals surface area contributed by atoms with Crippen LogP contribution in [-0.2, 0) is 4.79 Å². The molecule has 2 rings (SSSR count). The van der Waals surface area contributed by atoms with Gasteiger partial charge in [0.1, 0.15) is 17.1 Å². The van der Waals surface area contributed by atoms with Crippen LogP contribution in [0.15, 0.2) is 10.5 Å². The van der Waals surface area contributed by atoms with Crippen molar-refractivity contribution in [3.05, 3.63) is 23.2 Å². The highest BCUT2D eigenvalue weighted by molar-refractivity contribution is 5.98. The lowest BCUT2D eigenvalue weighted by molar-refractivity contribution is -0.146. The second-order valence-corrected chi connectivity index (χ2v) is 5.85. The van der Waals surface area contributed by atoms with Crippen molar-refractivity contribution in [1.82, 2.24) is 5.32 Å². The van der Waals surface area contributed by atoms with Gasteiger partial charge in [0.15, 0.2) is 0 Å². The molecule has 110 valence electrons. The second kappa shape index (κ2) is 5.31. The van der Waals surface area contributed by atoms with Crippen molar-refractivity contribution in [1.29, 1.82) is 0 Å². The van der Waals surface area contributed by atoms with Gasteiger partial charge in [0.2, 0.25) is 0 Å². The quantitative estimate of drug-likeness (QED) is 0.891. The number of amides is 1. The van der Waals surface area contributed by atoms with Crippen LogP contribution in [0.4, 0.5) is 0 Å². The highest BCUT2D eigenvalue weighted by Crippen LogP contribution is 2.32. The van der Waals surface area contributed by atoms with Gasteiger partial charge in [0, 0.05) is 0 Å². The molecule has 0 radical (unpaired) electrons. The van der Waals surface area contributed by atoms with E-state index in [1.807, 2.05) is 0 Å². The van der Waals surface area contributed by atoms with Gasteiger partial charge in [-0.1, -0.05) is 6.92 Å². The first-order chi connectivity index (χ1) is 9.34. The maximum Gasteiger partial charge on any atom is 0.329 e. The van der Waals surface area contributed by atoms with Crippen LogP contribution in [0.2, 0.25) is 0 Å². The SMILES string of the molecule is Cc1cc(C(=O)NC2(C(=O)O)CCC(C)CC2)c(C)o1. The molecule has 1 aliphatic carbocycles. The number of carboxylic acids is 1. The van der Waals surface area contributed by atoms with Gasteiger partial charge in [-0.3, -0.25) is 4.79 Å². The molecule has 1 amide bonds. The summed E-state index contributed by atoms with van der Waals surface area (Å²) in [5, 5.41) is 12.2. The van der Waals surface area contributed by atoms with Gasteiger partial charge in [-0.15, -0.1) is 0 Å². The van der Waals surface area contributed by atoms with Gasteiger partial charge in [-0.25, -0.2) is 4.79 Å². The van der Waals surface area contributed by atoms with E-state index in [9.17, 15) is 14.7 Å². The Hall–Kier alpha value is -1.78. The van der Waals surface area contributed by atoms with Crippen molar-refractivity contribution < 1.29 is 19.1 Å². The number of carbonyl (C=O) groups excluding carboxylic acids is 1. The van der Waals surface area contributed by atoms with Gasteiger partial charge in [-0.2, -0.15) is 0 Å². The van der Waals surface area contributed by atoms with Crippen LogP contribution in [0.1, 0.15) is 54.5 Å². The molecule has 2 N–H and O–H groups in total. The van der Waals surface area contributed by atoms with E-state index in [0.717, 1.165) is 12.8 Å². The Kier molecular flexibility index (Phi) is 3.88. The number of aryl methyl sites for hydroxylation is 2. The van der Waals surface area contributed by atoms with E-state index in [0.29, 0.717) is 35.8 Å². The first-order valence-corrected chi connectivity index (χ1v) is 6.97. The van der Waals surface area contributed by atoms with Gasteiger partial charge < -0.3 is 14.8 Å². The summed E-state index contributed by atoms with van der Waals surface area (Å²) in [5.41, 5.74) is -0.719. The first-order valence-electron chi connectivity index (χ1n) is 6.97. The van der Waals surface area contributed by atoms with Crippen LogP contribution in [0.25, 0.3) is 0 Å². The molecule has 0 aliphatic heterocycles. The van der Waals surface area contributed by atoms with E-state index in [2.05, 4.69) is 12.2 Å². The largest absolute Gasteiger partial charge is 0.480 e. The fourth-order valence-electron chi connectivity index (χ4n) is 2.79. The molecule has 0 aromatic carbocycles. The Morgan fingerprint density at radius 3 is 2.40 bits per heavy atom. The van der Waals surface area contributed by atoms with Crippen LogP contribution >= 0.6 is 0 Å². The predicted octanol–water partition coefficient (Wildman–Crippen LogP) is 2.66. The maximum atomic E-state index is 12.3. The predicted molar refractivity (Wildman–Crippen MR) is 73.6 cm³/mol. The Balaban J connectivity index is 2.19. The third-order valence-corrected chi connectivity index (χ3v) is 4.18. The summed E-state index contributed by atoms with van der Waals surface area (Å²) < 4.78 is 5.33. The molecule has 1 fully saturated rings. The third-order valence-electron chi connectivity index (χ3n) is 4.18. The smallest absolute Gasteiger partial charge is 0.329 e. The van der Waals surface area contributed by atoms with Crippen molar-refractivity contribution >= 4 is 11.9 Å². The minimum atomic E-state index is -1.14. The van der Waals surface area contributed by atoms with E-state index < -0.39 is 11.5 Å². The molecule has 5 nitrogen and oxygen atoms in total. The highest BCUT2D eigenvalue weighted by Gasteiger charge is 2.42. The van der Waals surface area contributed by atoms with E-state index in [4.69, 9.17) is 4.42 Å². The van der Waals surface area contributed by atoms with E-state index in [1.165, 1.54) is 0 Å². The minimum Gasteiger partial charge on any atom is -0.480 e. The fourth-order valence-corrected chi connectivity index (χ4v) is 2.79. The average Bonchev–Trinajstić information content (AvgIpc) is 2.71. The van der Waals surface area contributed by atoms with Gasteiger partial charge in [0.05, 0.1) is 5.56 Å². The molecule has 5 heteroatoms. The van der Waals surface area contributed by atoms with Crippen LogP contribution in [0, 0.1) is 19.8 Å². The zero-order chi connectivity index (χ0) is 14.9. The Bertz CT molecular complexity index is 524. The van der Waals surface area contributed by atoms with Crippen LogP contribution < -0.4 is 5.32 Å². The number of carbonyl (C=O) groups is 2. The minimum absolute atomic E-state index is 0.365. The van der Waals surface area contributed by atoms with E-state index >= 15 is 0 Å². The molecule has 1 heterocycles. The fraction of sp³-hybridized carbons (Fsp3) is 0.600. The third kappa shape index (κ3) is 2.71. The molecule has 0 unspecified atom stereocenters. The number of furan rings is 1. The van der Waals surface area contributed by atoms with Crippen LogP contribution in [-0.4, -0.2) is 22.5 Å². The zero-order valence-electron chi connectivity index (χ0n) is 12.2. The number of hydrogen-bond donors (Lipinski definition) is 2. The number of nitrogens with one attached hydrogen (secondary N) is 1. The van der Waals surface area contributed by atoms with Crippen molar-refractivity contribution in [3.63, 3.8) is 0 Å². The molecule has 1 saturated carbocycles. The average molecular weight is 279 g/mol. The van der Waals surface area contributed by atoms with E-state index in [1.54, 1.807) is 19.9 Å².